The van der Waals surface area contributed by atoms with Crippen LogP contribution in [0.1, 0.15) is 39.0 Å². The Morgan fingerprint density at radius 1 is 1.22 bits per heavy atom. The van der Waals surface area contributed by atoms with Gasteiger partial charge in [-0.3, -0.25) is 0 Å². The van der Waals surface area contributed by atoms with Gasteiger partial charge in [0.05, 0.1) is 0 Å². The molecule has 0 fully saturated rings. The SMILES string of the molecule is CCCCCCC=[CH][Na]. The molecule has 0 unspecified atom stereocenters. The third-order valence-corrected chi connectivity index (χ3v) is 1.93. The van der Waals surface area contributed by atoms with Crippen molar-refractivity contribution in [1.82, 2.24) is 0 Å². The standard InChI is InChI=1S/C8H15.Na/c1-3-5-7-8-6-4-2;/h1,3H,4-8H2,2H3;. The van der Waals surface area contributed by atoms with Crippen molar-refractivity contribution in [3.8, 4) is 0 Å². The predicted octanol–water partition coefficient (Wildman–Crippen LogP) is 2.64. The van der Waals surface area contributed by atoms with Crippen LogP contribution in [0.3, 0.4) is 0 Å². The molecule has 0 amide bonds. The maximum absolute atomic E-state index is 2.31. The Labute approximate surface area is 76.1 Å². The minimum absolute atomic E-state index is 1.23. The van der Waals surface area contributed by atoms with E-state index in [1.807, 2.05) is 0 Å². The predicted molar refractivity (Wildman–Crippen MR) is 43.7 cm³/mol. The summed E-state index contributed by atoms with van der Waals surface area (Å²) >= 11 is 1.23. The van der Waals surface area contributed by atoms with Crippen molar-refractivity contribution in [1.29, 1.82) is 0 Å². The summed E-state index contributed by atoms with van der Waals surface area (Å²) in [5.41, 5.74) is 0. The first kappa shape index (κ1) is 9.74. The van der Waals surface area contributed by atoms with Crippen LogP contribution >= 0.6 is 0 Å². The number of unbranched alkanes of at least 4 members (excludes halogenated alkanes) is 4. The molecule has 9 heavy (non-hydrogen) atoms. The second-order valence-corrected chi connectivity index (χ2v) is 3.09. The van der Waals surface area contributed by atoms with Crippen molar-refractivity contribution in [2.24, 2.45) is 0 Å². The second-order valence-electron chi connectivity index (χ2n) is 2.42. The molecule has 0 saturated carbocycles. The van der Waals surface area contributed by atoms with Gasteiger partial charge < -0.3 is 0 Å². The van der Waals surface area contributed by atoms with E-state index in [-0.39, 0.29) is 0 Å². The first-order valence-corrected chi connectivity index (χ1v) is 5.18. The third-order valence-electron chi connectivity index (χ3n) is 1.46. The first-order chi connectivity index (χ1) is 4.41. The Balaban J connectivity index is 2.75. The molecule has 0 aromatic rings. The number of rotatable bonds is 5. The minimum atomic E-state index is 1.23. The molecule has 0 aliphatic carbocycles. The zero-order valence-electron chi connectivity index (χ0n) is 6.69. The number of allylic oxidation sites excluding steroid dienone is 1. The van der Waals surface area contributed by atoms with Crippen molar-refractivity contribution >= 4 is 27.9 Å². The van der Waals surface area contributed by atoms with Gasteiger partial charge in [0.1, 0.15) is 0 Å². The van der Waals surface area contributed by atoms with Gasteiger partial charge in [-0.25, -0.2) is 0 Å². The summed E-state index contributed by atoms with van der Waals surface area (Å²) in [5, 5.41) is 0. The molecule has 48 valence electrons. The summed E-state index contributed by atoms with van der Waals surface area (Å²) in [6.45, 7) is 2.25. The van der Waals surface area contributed by atoms with Crippen LogP contribution in [-0.4, -0.2) is 27.9 Å². The van der Waals surface area contributed by atoms with Gasteiger partial charge in [0.15, 0.2) is 0 Å². The molecule has 0 spiro atoms. The fourth-order valence-corrected chi connectivity index (χ4v) is 1.19. The molecule has 0 aromatic carbocycles. The molecule has 0 heterocycles. The van der Waals surface area contributed by atoms with Gasteiger partial charge in [-0.05, 0) is 0 Å². The molecule has 0 atom stereocenters. The van der Waals surface area contributed by atoms with Gasteiger partial charge in [0, 0.05) is 0 Å². The van der Waals surface area contributed by atoms with E-state index in [2.05, 4.69) is 16.3 Å². The zero-order valence-corrected chi connectivity index (χ0v) is 8.69. The molecule has 0 N–H and O–H groups in total. The summed E-state index contributed by atoms with van der Waals surface area (Å²) in [6.07, 6.45) is 9.19. The van der Waals surface area contributed by atoms with Gasteiger partial charge in [0.2, 0.25) is 0 Å². The summed E-state index contributed by atoms with van der Waals surface area (Å²) in [6, 6.07) is 0. The molecule has 1 heteroatoms. The molecule has 0 radical (unpaired) electrons. The maximum atomic E-state index is 2.31. The molecule has 0 aromatic heterocycles. The summed E-state index contributed by atoms with van der Waals surface area (Å²) in [7, 11) is 0. The topological polar surface area (TPSA) is 0 Å². The summed E-state index contributed by atoms with van der Waals surface area (Å²) in [4.78, 5) is 0. The average Bonchev–Trinajstić information content (AvgIpc) is 1.89. The first-order valence-electron chi connectivity index (χ1n) is 4.03. The van der Waals surface area contributed by atoms with Crippen LogP contribution in [0, 0.1) is 0 Å². The third kappa shape index (κ3) is 8.74. The van der Waals surface area contributed by atoms with Crippen molar-refractivity contribution in [2.75, 3.05) is 0 Å². The van der Waals surface area contributed by atoms with E-state index < -0.39 is 0 Å². The Morgan fingerprint density at radius 2 is 2.00 bits per heavy atom. The molecule has 0 aliphatic rings. The van der Waals surface area contributed by atoms with Crippen LogP contribution in [0.15, 0.2) is 9.40 Å². The Bertz CT molecular complexity index is 67.0. The van der Waals surface area contributed by atoms with Crippen molar-refractivity contribution in [3.05, 3.63) is 9.40 Å². The van der Waals surface area contributed by atoms with Crippen LogP contribution < -0.4 is 0 Å². The molecule has 0 saturated heterocycles. The summed E-state index contributed by atoms with van der Waals surface area (Å²) in [5.74, 6) is 0. The zero-order chi connectivity index (χ0) is 6.95. The van der Waals surface area contributed by atoms with Crippen molar-refractivity contribution in [3.63, 3.8) is 0 Å². The molecule has 0 rings (SSSR count). The van der Waals surface area contributed by atoms with Gasteiger partial charge in [-0.2, -0.15) is 0 Å². The molecule has 0 aliphatic heterocycles. The average molecular weight is 134 g/mol. The van der Waals surface area contributed by atoms with Crippen LogP contribution in [0.25, 0.3) is 0 Å². The van der Waals surface area contributed by atoms with Gasteiger partial charge in [0.25, 0.3) is 0 Å². The molecule has 0 bridgehead atoms. The fourth-order valence-electron chi connectivity index (χ4n) is 0.856. The van der Waals surface area contributed by atoms with Crippen LogP contribution in [0.5, 0.6) is 0 Å². The normalized spacial score (nSPS) is 11.0. The monoisotopic (exact) mass is 134 g/mol. The fraction of sp³-hybridized carbons (Fsp3) is 0.750. The Morgan fingerprint density at radius 3 is 2.56 bits per heavy atom. The van der Waals surface area contributed by atoms with Gasteiger partial charge in [-0.15, -0.1) is 0 Å². The number of hydrogen-bond donors (Lipinski definition) is 0. The van der Waals surface area contributed by atoms with Gasteiger partial charge in [-0.1, -0.05) is 0 Å². The van der Waals surface area contributed by atoms with Crippen LogP contribution in [0.2, 0.25) is 0 Å². The Hall–Kier alpha value is 0.740. The Kier molecular flexibility index (Phi) is 9.46. The molecule has 0 nitrogen and oxygen atoms in total. The van der Waals surface area contributed by atoms with Crippen LogP contribution in [0.4, 0.5) is 0 Å². The number of hydrogen-bond acceptors (Lipinski definition) is 0. The van der Waals surface area contributed by atoms with Gasteiger partial charge >= 0.3 is 76.4 Å². The van der Waals surface area contributed by atoms with Crippen molar-refractivity contribution < 1.29 is 0 Å². The second kappa shape index (κ2) is 8.74. The van der Waals surface area contributed by atoms with Crippen molar-refractivity contribution in [2.45, 2.75) is 39.0 Å². The molecular formula is C8H15Na. The van der Waals surface area contributed by atoms with E-state index in [0.29, 0.717) is 0 Å². The van der Waals surface area contributed by atoms with E-state index in [1.54, 1.807) is 0 Å². The van der Waals surface area contributed by atoms with Crippen LogP contribution in [-0.2, 0) is 0 Å². The summed E-state index contributed by atoms with van der Waals surface area (Å²) < 4.78 is 2.27. The van der Waals surface area contributed by atoms with E-state index in [9.17, 15) is 0 Å². The molecular weight excluding hydrogens is 119 g/mol. The van der Waals surface area contributed by atoms with E-state index in [1.165, 1.54) is 60.0 Å². The van der Waals surface area contributed by atoms with E-state index in [4.69, 9.17) is 0 Å². The van der Waals surface area contributed by atoms with E-state index in [0.717, 1.165) is 0 Å². The quantitative estimate of drug-likeness (QED) is 0.400. The van der Waals surface area contributed by atoms with E-state index >= 15 is 0 Å².